The number of piperazine rings is 1. The molecule has 39 heavy (non-hydrogen) atoms. The second kappa shape index (κ2) is 11.5. The molecule has 1 amide bonds. The molecule has 1 fully saturated rings. The van der Waals surface area contributed by atoms with Crippen molar-refractivity contribution >= 4 is 17.3 Å². The number of anilines is 2. The van der Waals surface area contributed by atoms with E-state index in [-0.39, 0.29) is 48.5 Å². The smallest absolute Gasteiger partial charge is 0.422 e. The van der Waals surface area contributed by atoms with E-state index in [1.165, 1.54) is 35.4 Å². The van der Waals surface area contributed by atoms with Crippen LogP contribution in [0.5, 0.6) is 11.5 Å². The minimum atomic E-state index is -4.92. The van der Waals surface area contributed by atoms with E-state index >= 15 is 0 Å². The maximum Gasteiger partial charge on any atom is 0.422 e. The van der Waals surface area contributed by atoms with Gasteiger partial charge in [-0.2, -0.15) is 18.3 Å². The first kappa shape index (κ1) is 28.2. The van der Waals surface area contributed by atoms with Gasteiger partial charge in [-0.05, 0) is 49.5 Å². The molecule has 210 valence electrons. The van der Waals surface area contributed by atoms with Gasteiger partial charge in [0.15, 0.2) is 5.69 Å². The molecular weight excluding hydrogens is 530 g/mol. The number of halogens is 6. The Bertz CT molecular complexity index is 1300. The summed E-state index contributed by atoms with van der Waals surface area (Å²) >= 11 is 0. The Morgan fingerprint density at radius 1 is 1.15 bits per heavy atom. The number of alkyl halides is 5. The van der Waals surface area contributed by atoms with Crippen LogP contribution in [0.15, 0.2) is 48.7 Å². The van der Waals surface area contributed by atoms with Crippen molar-refractivity contribution in [2.24, 2.45) is 5.73 Å². The molecule has 0 unspecified atom stereocenters. The fourth-order valence-electron chi connectivity index (χ4n) is 4.31. The summed E-state index contributed by atoms with van der Waals surface area (Å²) in [5.74, 6) is -2.04. The lowest BCUT2D eigenvalue weighted by atomic mass is 10.0. The summed E-state index contributed by atoms with van der Waals surface area (Å²) in [5.41, 5.74) is 3.94. The summed E-state index contributed by atoms with van der Waals surface area (Å²) in [6.07, 6.45) is -6.45. The van der Waals surface area contributed by atoms with Gasteiger partial charge in [0.25, 0.3) is 12.3 Å². The average Bonchev–Trinajstić information content (AvgIpc) is 3.33. The third-order valence-electron chi connectivity index (χ3n) is 6.28. The number of carbonyl (C=O) groups excluding carboxylic acids is 1. The zero-order chi connectivity index (χ0) is 28.3. The number of hydrogen-bond donors (Lipinski definition) is 2. The molecule has 8 nitrogen and oxygen atoms in total. The number of amides is 1. The fourth-order valence-corrected chi connectivity index (χ4v) is 4.31. The highest BCUT2D eigenvalue weighted by Gasteiger charge is 2.42. The lowest BCUT2D eigenvalue weighted by Gasteiger charge is -2.41. The highest BCUT2D eigenvalue weighted by atomic mass is 19.4. The number of benzene rings is 2. The van der Waals surface area contributed by atoms with Gasteiger partial charge in [0.1, 0.15) is 29.4 Å². The van der Waals surface area contributed by atoms with Crippen LogP contribution in [0.1, 0.15) is 16.1 Å². The number of nitrogens with zero attached hydrogens (tertiary/aromatic N) is 4. The average molecular weight is 557 g/mol. The van der Waals surface area contributed by atoms with Gasteiger partial charge in [-0.1, -0.05) is 0 Å². The van der Waals surface area contributed by atoms with Crippen LogP contribution >= 0.6 is 0 Å². The van der Waals surface area contributed by atoms with Crippen LogP contribution in [0.25, 0.3) is 0 Å². The highest BCUT2D eigenvalue weighted by Crippen LogP contribution is 2.48. The van der Waals surface area contributed by atoms with Crippen LogP contribution in [-0.2, 0) is 12.7 Å². The van der Waals surface area contributed by atoms with E-state index in [0.29, 0.717) is 6.54 Å². The van der Waals surface area contributed by atoms with Gasteiger partial charge in [0.05, 0.1) is 11.4 Å². The molecule has 14 heteroatoms. The van der Waals surface area contributed by atoms with Gasteiger partial charge < -0.3 is 20.7 Å². The van der Waals surface area contributed by atoms with Crippen molar-refractivity contribution in [3.8, 4) is 11.5 Å². The van der Waals surface area contributed by atoms with E-state index in [1.807, 2.05) is 11.9 Å². The zero-order valence-electron chi connectivity index (χ0n) is 20.8. The molecule has 1 aliphatic rings. The first-order chi connectivity index (χ1) is 18.5. The van der Waals surface area contributed by atoms with Crippen LogP contribution in [0, 0.1) is 5.82 Å². The summed E-state index contributed by atoms with van der Waals surface area (Å²) in [4.78, 5) is 16.3. The van der Waals surface area contributed by atoms with Crippen molar-refractivity contribution < 1.29 is 35.9 Å². The zero-order valence-corrected chi connectivity index (χ0v) is 20.8. The van der Waals surface area contributed by atoms with Crippen LogP contribution in [0.4, 0.5) is 37.7 Å². The molecule has 2 heterocycles. The maximum absolute atomic E-state index is 14.7. The summed E-state index contributed by atoms with van der Waals surface area (Å²) in [6.45, 7) is 0.148. The highest BCUT2D eigenvalue weighted by molar-refractivity contribution is 6.05. The summed E-state index contributed by atoms with van der Waals surface area (Å²) in [6, 6.07) is 7.73. The monoisotopic (exact) mass is 556 g/mol. The molecule has 3 N–H and O–H groups in total. The molecule has 0 bridgehead atoms. The molecule has 1 atom stereocenters. The number of rotatable bonds is 8. The topological polar surface area (TPSA) is 88.6 Å². The number of hydrogen-bond acceptors (Lipinski definition) is 6. The van der Waals surface area contributed by atoms with Crippen LogP contribution in [0.3, 0.4) is 0 Å². The standard InChI is InChI=1S/C25H26F6N6O2/c1-35-10-11-36(13-16(35)12-32)23-18(33-24(38)19-8-9-37(34-19)14-21(27)28)6-7-20(22(23)25(29,30)31)39-17-4-2-15(26)3-5-17/h2-9,16,21H,10-14,32H2,1H3,(H,33,38)/t16-/m0/s1. The molecule has 1 aliphatic heterocycles. The first-order valence-corrected chi connectivity index (χ1v) is 11.9. The van der Waals surface area contributed by atoms with Crippen LogP contribution in [-0.4, -0.2) is 66.3 Å². The minimum absolute atomic E-state index is 0.0209. The number of nitrogens with one attached hydrogen (secondary N) is 1. The summed E-state index contributed by atoms with van der Waals surface area (Å²) in [5, 5.41) is 6.24. The van der Waals surface area contributed by atoms with E-state index in [1.54, 1.807) is 0 Å². The van der Waals surface area contributed by atoms with Gasteiger partial charge >= 0.3 is 6.18 Å². The van der Waals surface area contributed by atoms with Crippen molar-refractivity contribution in [2.75, 3.05) is 43.4 Å². The third-order valence-corrected chi connectivity index (χ3v) is 6.28. The normalized spacial score (nSPS) is 16.5. The Balaban J connectivity index is 1.78. The van der Waals surface area contributed by atoms with E-state index < -0.39 is 42.2 Å². The fraction of sp³-hybridized carbons (Fsp3) is 0.360. The molecule has 0 aliphatic carbocycles. The number of ether oxygens (including phenoxy) is 1. The number of nitrogens with two attached hydrogens (primary N) is 1. The van der Waals surface area contributed by atoms with Gasteiger partial charge in [-0.15, -0.1) is 0 Å². The predicted octanol–water partition coefficient (Wildman–Crippen LogP) is 4.43. The second-order valence-corrected chi connectivity index (χ2v) is 8.97. The lowest BCUT2D eigenvalue weighted by molar-refractivity contribution is -0.138. The van der Waals surface area contributed by atoms with E-state index in [2.05, 4.69) is 10.4 Å². The molecule has 2 aromatic carbocycles. The Kier molecular flexibility index (Phi) is 8.35. The van der Waals surface area contributed by atoms with Crippen molar-refractivity contribution in [1.29, 1.82) is 0 Å². The lowest BCUT2D eigenvalue weighted by Crippen LogP contribution is -2.54. The molecular formula is C25H26F6N6O2. The quantitative estimate of drug-likeness (QED) is 0.400. The number of carbonyl (C=O) groups is 1. The van der Waals surface area contributed by atoms with Crippen LogP contribution in [0.2, 0.25) is 0 Å². The van der Waals surface area contributed by atoms with Crippen molar-refractivity contribution in [2.45, 2.75) is 25.2 Å². The number of aromatic nitrogens is 2. The predicted molar refractivity (Wildman–Crippen MR) is 132 cm³/mol. The van der Waals surface area contributed by atoms with Gasteiger partial charge in [-0.3, -0.25) is 14.4 Å². The van der Waals surface area contributed by atoms with E-state index in [9.17, 15) is 31.1 Å². The molecule has 0 saturated carbocycles. The largest absolute Gasteiger partial charge is 0.457 e. The Labute approximate surface area is 219 Å². The second-order valence-electron chi connectivity index (χ2n) is 8.97. The van der Waals surface area contributed by atoms with Crippen molar-refractivity contribution in [3.05, 3.63) is 65.7 Å². The van der Waals surface area contributed by atoms with Crippen molar-refractivity contribution in [3.63, 3.8) is 0 Å². The number of likely N-dealkylation sites (N-methyl/N-ethyl adjacent to an activating group) is 1. The molecule has 0 radical (unpaired) electrons. The SMILES string of the molecule is CN1CCN(c2c(NC(=O)c3ccn(CC(F)F)n3)ccc(Oc3ccc(F)cc3)c2C(F)(F)F)C[C@@H]1CN. The molecule has 3 aromatic rings. The van der Waals surface area contributed by atoms with Crippen LogP contribution < -0.4 is 20.7 Å². The van der Waals surface area contributed by atoms with Gasteiger partial charge in [0.2, 0.25) is 0 Å². The van der Waals surface area contributed by atoms with Gasteiger partial charge in [-0.25, -0.2) is 13.2 Å². The van der Waals surface area contributed by atoms with E-state index in [0.717, 1.165) is 22.9 Å². The first-order valence-electron chi connectivity index (χ1n) is 11.9. The van der Waals surface area contributed by atoms with E-state index in [4.69, 9.17) is 10.5 Å². The Morgan fingerprint density at radius 3 is 2.51 bits per heavy atom. The summed E-state index contributed by atoms with van der Waals surface area (Å²) < 4.78 is 89.1. The molecule has 0 spiro atoms. The maximum atomic E-state index is 14.7. The van der Waals surface area contributed by atoms with Gasteiger partial charge in [0, 0.05) is 38.4 Å². The Hall–Kier alpha value is -3.78. The molecule has 1 saturated heterocycles. The Morgan fingerprint density at radius 2 is 1.87 bits per heavy atom. The summed E-state index contributed by atoms with van der Waals surface area (Å²) in [7, 11) is 1.81. The third kappa shape index (κ3) is 6.63. The molecule has 4 rings (SSSR count). The van der Waals surface area contributed by atoms with Crippen molar-refractivity contribution in [1.82, 2.24) is 14.7 Å². The minimum Gasteiger partial charge on any atom is -0.457 e. The molecule has 1 aromatic heterocycles.